The van der Waals surface area contributed by atoms with Gasteiger partial charge in [-0.15, -0.1) is 0 Å². The topological polar surface area (TPSA) is 76.0 Å². The smallest absolute Gasteiger partial charge is 0.387 e. The van der Waals surface area contributed by atoms with E-state index in [4.69, 9.17) is 0 Å². The Balaban J connectivity index is 2.18. The van der Waals surface area contributed by atoms with Crippen molar-refractivity contribution in [2.75, 3.05) is 19.0 Å². The van der Waals surface area contributed by atoms with E-state index in [2.05, 4.69) is 19.8 Å². The predicted molar refractivity (Wildman–Crippen MR) is 103 cm³/mol. The molecule has 0 saturated heterocycles. The first-order valence-corrected chi connectivity index (χ1v) is 9.02. The molecule has 1 aromatic carbocycles. The van der Waals surface area contributed by atoms with E-state index in [-0.39, 0.29) is 28.4 Å². The summed E-state index contributed by atoms with van der Waals surface area (Å²) in [6, 6.07) is 5.76. The van der Waals surface area contributed by atoms with E-state index in [1.807, 2.05) is 13.8 Å². The molecule has 1 atom stereocenters. The van der Waals surface area contributed by atoms with Crippen LogP contribution < -0.4 is 15.2 Å². The van der Waals surface area contributed by atoms with Crippen LogP contribution in [0.2, 0.25) is 0 Å². The third kappa shape index (κ3) is 4.06. The van der Waals surface area contributed by atoms with Crippen LogP contribution in [0.3, 0.4) is 0 Å². The molecule has 0 amide bonds. The Morgan fingerprint density at radius 3 is 2.38 bits per heavy atom. The zero-order valence-electron chi connectivity index (χ0n) is 16.5. The Morgan fingerprint density at radius 2 is 1.86 bits per heavy atom. The van der Waals surface area contributed by atoms with Crippen LogP contribution in [0.1, 0.15) is 31.1 Å². The highest BCUT2D eigenvalue weighted by molar-refractivity contribution is 5.78. The second-order valence-electron chi connectivity index (χ2n) is 7.14. The largest absolute Gasteiger partial charge is 0.435 e. The van der Waals surface area contributed by atoms with Crippen LogP contribution in [0.4, 0.5) is 19.1 Å². The van der Waals surface area contributed by atoms with Crippen LogP contribution in [-0.4, -0.2) is 40.5 Å². The number of ether oxygens (including phenoxy) is 1. The molecule has 7 nitrogen and oxygen atoms in total. The molecule has 2 aromatic heterocycles. The first kappa shape index (κ1) is 20.7. The number of halogens is 3. The number of H-pyrrole nitrogens is 1. The lowest BCUT2D eigenvalue weighted by atomic mass is 9.96. The SMILES string of the molecule is CC(C)C(c1ccc(OC(F)F)cc1)n1nc(CF)c2c(=O)[nH]c(N(C)C)nc21. The van der Waals surface area contributed by atoms with Crippen molar-refractivity contribution in [3.8, 4) is 5.75 Å². The highest BCUT2D eigenvalue weighted by atomic mass is 19.3. The van der Waals surface area contributed by atoms with Gasteiger partial charge in [-0.2, -0.15) is 18.9 Å². The molecule has 0 saturated carbocycles. The number of nitrogens with one attached hydrogen (secondary N) is 1. The summed E-state index contributed by atoms with van der Waals surface area (Å²) in [4.78, 5) is 21.3. The van der Waals surface area contributed by atoms with Gasteiger partial charge in [0, 0.05) is 14.1 Å². The van der Waals surface area contributed by atoms with Crippen LogP contribution >= 0.6 is 0 Å². The molecule has 0 aliphatic rings. The molecule has 0 aliphatic carbocycles. The van der Waals surface area contributed by atoms with Crippen molar-refractivity contribution >= 4 is 17.0 Å². The Bertz CT molecular complexity index is 1040. The lowest BCUT2D eigenvalue weighted by Gasteiger charge is -2.23. The van der Waals surface area contributed by atoms with Crippen LogP contribution in [0.5, 0.6) is 5.75 Å². The van der Waals surface area contributed by atoms with Gasteiger partial charge in [-0.3, -0.25) is 9.78 Å². The Labute approximate surface area is 165 Å². The number of rotatable bonds is 7. The van der Waals surface area contributed by atoms with Crippen molar-refractivity contribution in [3.05, 3.63) is 45.9 Å². The fourth-order valence-electron chi connectivity index (χ4n) is 3.26. The molecule has 0 spiro atoms. The summed E-state index contributed by atoms with van der Waals surface area (Å²) in [5.41, 5.74) is 0.532. The van der Waals surface area contributed by atoms with Gasteiger partial charge in [-0.05, 0) is 23.6 Å². The molecule has 1 unspecified atom stereocenters. The molecule has 3 rings (SSSR count). The van der Waals surface area contributed by atoms with Gasteiger partial charge < -0.3 is 9.64 Å². The summed E-state index contributed by atoms with van der Waals surface area (Å²) in [7, 11) is 3.45. The summed E-state index contributed by atoms with van der Waals surface area (Å²) in [5, 5.41) is 4.43. The van der Waals surface area contributed by atoms with E-state index in [9.17, 15) is 18.0 Å². The number of hydrogen-bond donors (Lipinski definition) is 1. The van der Waals surface area contributed by atoms with Gasteiger partial charge in [0.15, 0.2) is 5.65 Å². The minimum Gasteiger partial charge on any atom is -0.435 e. The lowest BCUT2D eigenvalue weighted by Crippen LogP contribution is -2.22. The fraction of sp³-hybridized carbons (Fsp3) is 0.421. The number of fused-ring (bicyclic) bond motifs is 1. The van der Waals surface area contributed by atoms with Gasteiger partial charge in [0.2, 0.25) is 5.95 Å². The summed E-state index contributed by atoms with van der Waals surface area (Å²) in [6.07, 6.45) is 0. The van der Waals surface area contributed by atoms with E-state index < -0.39 is 24.9 Å². The Morgan fingerprint density at radius 1 is 1.21 bits per heavy atom. The van der Waals surface area contributed by atoms with Gasteiger partial charge in [-0.1, -0.05) is 26.0 Å². The summed E-state index contributed by atoms with van der Waals surface area (Å²) >= 11 is 0. The quantitative estimate of drug-likeness (QED) is 0.646. The van der Waals surface area contributed by atoms with E-state index in [1.54, 1.807) is 31.1 Å². The standard InChI is InChI=1S/C19H22F3N5O2/c1-10(2)15(11-5-7-12(8-6-11)29-18(21)22)27-16-14(13(9-20)25-27)17(28)24-19(23-16)26(3)4/h5-8,10,15,18H,9H2,1-4H3,(H,23,24,28). The molecule has 29 heavy (non-hydrogen) atoms. The highest BCUT2D eigenvalue weighted by Crippen LogP contribution is 2.31. The maximum absolute atomic E-state index is 13.6. The molecule has 0 aliphatic heterocycles. The van der Waals surface area contributed by atoms with Crippen molar-refractivity contribution in [2.24, 2.45) is 5.92 Å². The van der Waals surface area contributed by atoms with Gasteiger partial charge in [-0.25, -0.2) is 9.07 Å². The molecular weight excluding hydrogens is 387 g/mol. The summed E-state index contributed by atoms with van der Waals surface area (Å²) < 4.78 is 44.3. The summed E-state index contributed by atoms with van der Waals surface area (Å²) in [5.74, 6) is 0.332. The molecule has 156 valence electrons. The monoisotopic (exact) mass is 409 g/mol. The van der Waals surface area contributed by atoms with Gasteiger partial charge in [0.1, 0.15) is 23.5 Å². The third-order valence-corrected chi connectivity index (χ3v) is 4.51. The van der Waals surface area contributed by atoms with Crippen LogP contribution in [0, 0.1) is 5.92 Å². The average Bonchev–Trinajstić information content (AvgIpc) is 3.01. The van der Waals surface area contributed by atoms with Gasteiger partial charge in [0.25, 0.3) is 5.56 Å². The van der Waals surface area contributed by atoms with Gasteiger partial charge >= 0.3 is 6.61 Å². The Hall–Kier alpha value is -3.04. The minimum atomic E-state index is -2.91. The van der Waals surface area contributed by atoms with E-state index in [0.717, 1.165) is 5.56 Å². The molecule has 10 heteroatoms. The first-order valence-electron chi connectivity index (χ1n) is 9.02. The van der Waals surface area contributed by atoms with Crippen molar-refractivity contribution < 1.29 is 17.9 Å². The number of hydrogen-bond acceptors (Lipinski definition) is 5. The first-order chi connectivity index (χ1) is 13.7. The number of nitrogens with zero attached hydrogens (tertiary/aromatic N) is 4. The second-order valence-corrected chi connectivity index (χ2v) is 7.14. The second kappa shape index (κ2) is 8.14. The molecule has 3 aromatic rings. The van der Waals surface area contributed by atoms with Crippen molar-refractivity contribution in [1.29, 1.82) is 0 Å². The number of benzene rings is 1. The van der Waals surface area contributed by atoms with E-state index >= 15 is 0 Å². The number of anilines is 1. The third-order valence-electron chi connectivity index (χ3n) is 4.51. The number of aromatic amines is 1. The number of alkyl halides is 3. The maximum Gasteiger partial charge on any atom is 0.387 e. The molecule has 2 heterocycles. The molecule has 1 N–H and O–H groups in total. The normalized spacial score (nSPS) is 12.7. The molecule has 0 fully saturated rings. The number of aromatic nitrogens is 4. The molecule has 0 radical (unpaired) electrons. The minimum absolute atomic E-state index is 0.00219. The lowest BCUT2D eigenvalue weighted by molar-refractivity contribution is -0.0498. The fourth-order valence-corrected chi connectivity index (χ4v) is 3.26. The van der Waals surface area contributed by atoms with Gasteiger partial charge in [0.05, 0.1) is 6.04 Å². The highest BCUT2D eigenvalue weighted by Gasteiger charge is 2.26. The summed E-state index contributed by atoms with van der Waals surface area (Å²) in [6.45, 7) is 0.0549. The van der Waals surface area contributed by atoms with Crippen molar-refractivity contribution in [1.82, 2.24) is 19.7 Å². The van der Waals surface area contributed by atoms with Crippen molar-refractivity contribution in [3.63, 3.8) is 0 Å². The Kier molecular flexibility index (Phi) is 5.81. The molecule has 0 bridgehead atoms. The van der Waals surface area contributed by atoms with Crippen LogP contribution in [0.25, 0.3) is 11.0 Å². The zero-order valence-corrected chi connectivity index (χ0v) is 16.5. The van der Waals surface area contributed by atoms with Crippen LogP contribution in [0.15, 0.2) is 29.1 Å². The molecular formula is C19H22F3N5O2. The average molecular weight is 409 g/mol. The zero-order chi connectivity index (χ0) is 21.3. The predicted octanol–water partition coefficient (Wildman–Crippen LogP) is 3.50. The van der Waals surface area contributed by atoms with E-state index in [1.165, 1.54) is 16.8 Å². The maximum atomic E-state index is 13.6. The van der Waals surface area contributed by atoms with Crippen molar-refractivity contribution in [2.45, 2.75) is 33.2 Å². The van der Waals surface area contributed by atoms with Crippen LogP contribution in [-0.2, 0) is 6.67 Å². The van der Waals surface area contributed by atoms with E-state index in [0.29, 0.717) is 5.95 Å².